The first-order valence-corrected chi connectivity index (χ1v) is 7.07. The molecular weight excluding hydrogens is 306 g/mol. The number of halogens is 1. The predicted molar refractivity (Wildman–Crippen MR) is 82.4 cm³/mol. The maximum absolute atomic E-state index is 12.0. The number of nitrogens with zero attached hydrogens (tertiary/aromatic N) is 2. The van der Waals surface area contributed by atoms with Crippen LogP contribution >= 0.6 is 11.6 Å². The number of carbonyl (C=O) groups is 1. The highest BCUT2D eigenvalue weighted by molar-refractivity contribution is 6.32. The van der Waals surface area contributed by atoms with Crippen LogP contribution in [0.15, 0.2) is 30.6 Å². The highest BCUT2D eigenvalue weighted by atomic mass is 35.5. The number of hydrogen-bond acceptors (Lipinski definition) is 5. The van der Waals surface area contributed by atoms with Gasteiger partial charge in [0.1, 0.15) is 0 Å². The molecule has 0 fully saturated rings. The quantitative estimate of drug-likeness (QED) is 0.884. The molecule has 1 amide bonds. The highest BCUT2D eigenvalue weighted by Crippen LogP contribution is 2.36. The number of aromatic nitrogens is 2. The molecular formula is C15H16ClN3O3. The number of carbonyl (C=O) groups excluding carboxylic acids is 1. The summed E-state index contributed by atoms with van der Waals surface area (Å²) in [6.45, 7) is 2.66. The number of hydrogen-bond donors (Lipinski definition) is 1. The Bertz CT molecular complexity index is 650. The largest absolute Gasteiger partial charge is 0.493 e. The van der Waals surface area contributed by atoms with Crippen LogP contribution in [0.3, 0.4) is 0 Å². The smallest absolute Gasteiger partial charge is 0.253 e. The molecule has 0 bridgehead atoms. The molecule has 0 aliphatic heterocycles. The van der Waals surface area contributed by atoms with E-state index in [2.05, 4.69) is 15.5 Å². The van der Waals surface area contributed by atoms with E-state index in [1.807, 2.05) is 6.92 Å². The van der Waals surface area contributed by atoms with Gasteiger partial charge >= 0.3 is 0 Å². The van der Waals surface area contributed by atoms with Gasteiger partial charge in [0.15, 0.2) is 11.5 Å². The minimum absolute atomic E-state index is 0.237. The standard InChI is InChI=1S/C15H16ClN3O3/c1-3-22-14-12(16)6-10(7-13(14)21-2)8-17-15(20)11-4-5-18-19-9-11/h4-7,9H,3,8H2,1-2H3,(H,17,20). The molecule has 0 saturated heterocycles. The van der Waals surface area contributed by atoms with Crippen LogP contribution < -0.4 is 14.8 Å². The first kappa shape index (κ1) is 16.0. The molecule has 0 aliphatic rings. The number of nitrogens with one attached hydrogen (secondary N) is 1. The molecule has 0 saturated carbocycles. The van der Waals surface area contributed by atoms with Gasteiger partial charge in [0, 0.05) is 6.54 Å². The summed E-state index contributed by atoms with van der Waals surface area (Å²) in [6.07, 6.45) is 2.87. The van der Waals surface area contributed by atoms with Crippen molar-refractivity contribution in [3.05, 3.63) is 46.7 Å². The third kappa shape index (κ3) is 3.85. The molecule has 2 aromatic rings. The Labute approximate surface area is 133 Å². The molecule has 0 atom stereocenters. The molecule has 1 heterocycles. The van der Waals surface area contributed by atoms with Crippen LogP contribution in [0.5, 0.6) is 11.5 Å². The Balaban J connectivity index is 2.10. The minimum Gasteiger partial charge on any atom is -0.493 e. The number of rotatable bonds is 6. The van der Waals surface area contributed by atoms with Crippen molar-refractivity contribution in [1.29, 1.82) is 0 Å². The summed E-state index contributed by atoms with van der Waals surface area (Å²) in [5, 5.41) is 10.5. The van der Waals surface area contributed by atoms with Crippen LogP contribution in [0.1, 0.15) is 22.8 Å². The lowest BCUT2D eigenvalue weighted by molar-refractivity contribution is 0.0950. The third-order valence-corrected chi connectivity index (χ3v) is 3.16. The Kier molecular flexibility index (Phi) is 5.55. The molecule has 0 spiro atoms. The minimum atomic E-state index is -0.237. The van der Waals surface area contributed by atoms with Crippen LogP contribution in [0.25, 0.3) is 0 Å². The van der Waals surface area contributed by atoms with Crippen molar-refractivity contribution in [2.75, 3.05) is 13.7 Å². The number of benzene rings is 1. The van der Waals surface area contributed by atoms with Gasteiger partial charge in [-0.1, -0.05) is 11.6 Å². The molecule has 1 N–H and O–H groups in total. The van der Waals surface area contributed by atoms with E-state index < -0.39 is 0 Å². The van der Waals surface area contributed by atoms with Gasteiger partial charge in [-0.05, 0) is 30.7 Å². The van der Waals surface area contributed by atoms with Gasteiger partial charge in [0.05, 0.1) is 36.7 Å². The SMILES string of the molecule is CCOc1c(Cl)cc(CNC(=O)c2ccnnc2)cc1OC. The molecule has 0 aliphatic carbocycles. The summed E-state index contributed by atoms with van der Waals surface area (Å²) in [7, 11) is 1.54. The zero-order valence-electron chi connectivity index (χ0n) is 12.3. The number of amides is 1. The van der Waals surface area contributed by atoms with Crippen molar-refractivity contribution in [3.63, 3.8) is 0 Å². The second-order valence-electron chi connectivity index (χ2n) is 4.36. The van der Waals surface area contributed by atoms with E-state index in [4.69, 9.17) is 21.1 Å². The summed E-state index contributed by atoms with van der Waals surface area (Å²) in [4.78, 5) is 12.0. The zero-order chi connectivity index (χ0) is 15.9. The second kappa shape index (κ2) is 7.61. The molecule has 1 aromatic heterocycles. The highest BCUT2D eigenvalue weighted by Gasteiger charge is 2.12. The average molecular weight is 322 g/mol. The van der Waals surface area contributed by atoms with Crippen molar-refractivity contribution < 1.29 is 14.3 Å². The lowest BCUT2D eigenvalue weighted by Gasteiger charge is -2.13. The Morgan fingerprint density at radius 3 is 2.82 bits per heavy atom. The zero-order valence-corrected chi connectivity index (χ0v) is 13.1. The van der Waals surface area contributed by atoms with Crippen molar-refractivity contribution in [1.82, 2.24) is 15.5 Å². The molecule has 6 nitrogen and oxygen atoms in total. The summed E-state index contributed by atoms with van der Waals surface area (Å²) in [6, 6.07) is 5.11. The first-order chi connectivity index (χ1) is 10.7. The molecule has 116 valence electrons. The van der Waals surface area contributed by atoms with Gasteiger partial charge in [-0.2, -0.15) is 10.2 Å². The normalized spacial score (nSPS) is 10.1. The van der Waals surface area contributed by atoms with Crippen LogP contribution in [-0.4, -0.2) is 29.8 Å². The number of ether oxygens (including phenoxy) is 2. The maximum Gasteiger partial charge on any atom is 0.253 e. The second-order valence-corrected chi connectivity index (χ2v) is 4.76. The predicted octanol–water partition coefficient (Wildman–Crippen LogP) is 2.47. The van der Waals surface area contributed by atoms with Gasteiger partial charge in [-0.15, -0.1) is 0 Å². The maximum atomic E-state index is 12.0. The summed E-state index contributed by atoms with van der Waals surface area (Å²) in [5.41, 5.74) is 1.25. The molecule has 22 heavy (non-hydrogen) atoms. The van der Waals surface area contributed by atoms with E-state index in [0.717, 1.165) is 5.56 Å². The van der Waals surface area contributed by atoms with Gasteiger partial charge in [0.25, 0.3) is 5.91 Å². The lowest BCUT2D eigenvalue weighted by atomic mass is 10.2. The molecule has 1 aromatic carbocycles. The monoisotopic (exact) mass is 321 g/mol. The van der Waals surface area contributed by atoms with Crippen LogP contribution in [0.2, 0.25) is 5.02 Å². The third-order valence-electron chi connectivity index (χ3n) is 2.88. The Morgan fingerprint density at radius 2 is 2.18 bits per heavy atom. The van der Waals surface area contributed by atoms with Gasteiger partial charge in [-0.3, -0.25) is 4.79 Å². The summed E-state index contributed by atoms with van der Waals surface area (Å²) < 4.78 is 10.7. The van der Waals surface area contributed by atoms with Crippen molar-refractivity contribution >= 4 is 17.5 Å². The van der Waals surface area contributed by atoms with E-state index >= 15 is 0 Å². The van der Waals surface area contributed by atoms with Crippen LogP contribution in [-0.2, 0) is 6.54 Å². The lowest BCUT2D eigenvalue weighted by Crippen LogP contribution is -2.23. The summed E-state index contributed by atoms with van der Waals surface area (Å²) in [5.74, 6) is 0.795. The first-order valence-electron chi connectivity index (χ1n) is 6.69. The molecule has 7 heteroatoms. The fourth-order valence-electron chi connectivity index (χ4n) is 1.87. The van der Waals surface area contributed by atoms with E-state index in [-0.39, 0.29) is 5.91 Å². The Hall–Kier alpha value is -2.34. The number of methoxy groups -OCH3 is 1. The van der Waals surface area contributed by atoms with E-state index in [0.29, 0.717) is 35.2 Å². The fourth-order valence-corrected chi connectivity index (χ4v) is 2.16. The molecule has 0 unspecified atom stereocenters. The Morgan fingerprint density at radius 1 is 1.36 bits per heavy atom. The van der Waals surface area contributed by atoms with Crippen molar-refractivity contribution in [2.45, 2.75) is 13.5 Å². The topological polar surface area (TPSA) is 73.3 Å². The molecule has 0 radical (unpaired) electrons. The van der Waals surface area contributed by atoms with E-state index in [1.165, 1.54) is 12.4 Å². The van der Waals surface area contributed by atoms with Gasteiger partial charge in [-0.25, -0.2) is 0 Å². The van der Waals surface area contributed by atoms with Crippen LogP contribution in [0.4, 0.5) is 0 Å². The van der Waals surface area contributed by atoms with Crippen LogP contribution in [0, 0.1) is 0 Å². The van der Waals surface area contributed by atoms with Crippen molar-refractivity contribution in [3.8, 4) is 11.5 Å². The molecule has 2 rings (SSSR count). The van der Waals surface area contributed by atoms with Crippen molar-refractivity contribution in [2.24, 2.45) is 0 Å². The van der Waals surface area contributed by atoms with E-state index in [1.54, 1.807) is 25.3 Å². The van der Waals surface area contributed by atoms with Gasteiger partial charge < -0.3 is 14.8 Å². The summed E-state index contributed by atoms with van der Waals surface area (Å²) >= 11 is 6.19. The van der Waals surface area contributed by atoms with Gasteiger partial charge in [0.2, 0.25) is 0 Å². The van der Waals surface area contributed by atoms with E-state index in [9.17, 15) is 4.79 Å². The fraction of sp³-hybridized carbons (Fsp3) is 0.267. The average Bonchev–Trinajstić information content (AvgIpc) is 2.55.